The van der Waals surface area contributed by atoms with Crippen LogP contribution in [-0.4, -0.2) is 6.54 Å². The summed E-state index contributed by atoms with van der Waals surface area (Å²) in [5, 5.41) is 4.67. The number of hydrogen-bond acceptors (Lipinski definition) is 1. The standard InChI is InChI=1S/C17H24ClN/c1-3-9-19-17(16-13-5-4-6-14(13)16)12-8-7-11(2)15(18)10-12/h7-8,10,13-14,16-17,19H,3-6,9H2,1-2H3. The van der Waals surface area contributed by atoms with E-state index in [4.69, 9.17) is 11.6 Å². The minimum absolute atomic E-state index is 0.522. The molecule has 2 aliphatic rings. The number of halogens is 1. The van der Waals surface area contributed by atoms with Gasteiger partial charge in [-0.3, -0.25) is 0 Å². The molecule has 3 rings (SSSR count). The summed E-state index contributed by atoms with van der Waals surface area (Å²) < 4.78 is 0. The van der Waals surface area contributed by atoms with E-state index in [0.717, 1.165) is 29.3 Å². The van der Waals surface area contributed by atoms with Crippen molar-refractivity contribution < 1.29 is 0 Å². The van der Waals surface area contributed by atoms with Crippen molar-refractivity contribution in [2.75, 3.05) is 6.54 Å². The normalized spacial score (nSPS) is 30.2. The second-order valence-corrected chi connectivity index (χ2v) is 6.68. The van der Waals surface area contributed by atoms with Crippen molar-refractivity contribution in [1.29, 1.82) is 0 Å². The van der Waals surface area contributed by atoms with E-state index in [0.29, 0.717) is 6.04 Å². The molecule has 2 saturated carbocycles. The van der Waals surface area contributed by atoms with Gasteiger partial charge in [0, 0.05) is 11.1 Å². The lowest BCUT2D eigenvalue weighted by molar-refractivity contribution is 0.417. The molecule has 0 aromatic heterocycles. The van der Waals surface area contributed by atoms with E-state index in [9.17, 15) is 0 Å². The van der Waals surface area contributed by atoms with Gasteiger partial charge in [-0.15, -0.1) is 0 Å². The van der Waals surface area contributed by atoms with Gasteiger partial charge in [-0.1, -0.05) is 37.1 Å². The maximum atomic E-state index is 6.31. The number of rotatable bonds is 5. The molecule has 1 aromatic rings. The van der Waals surface area contributed by atoms with Crippen LogP contribution in [0.1, 0.15) is 49.8 Å². The van der Waals surface area contributed by atoms with Crippen LogP contribution < -0.4 is 5.32 Å². The Morgan fingerprint density at radius 2 is 2.05 bits per heavy atom. The first kappa shape index (κ1) is 13.5. The molecule has 0 saturated heterocycles. The summed E-state index contributed by atoms with van der Waals surface area (Å²) in [6, 6.07) is 7.13. The van der Waals surface area contributed by atoms with E-state index in [1.165, 1.54) is 36.8 Å². The number of benzene rings is 1. The summed E-state index contributed by atoms with van der Waals surface area (Å²) in [6.45, 7) is 5.42. The molecule has 0 bridgehead atoms. The molecule has 1 N–H and O–H groups in total. The molecule has 3 atom stereocenters. The highest BCUT2D eigenvalue weighted by atomic mass is 35.5. The van der Waals surface area contributed by atoms with Crippen LogP contribution in [0.2, 0.25) is 5.02 Å². The molecule has 2 fully saturated rings. The van der Waals surface area contributed by atoms with Gasteiger partial charge in [-0.05, 0) is 67.7 Å². The van der Waals surface area contributed by atoms with E-state index in [-0.39, 0.29) is 0 Å². The van der Waals surface area contributed by atoms with Gasteiger partial charge in [0.2, 0.25) is 0 Å². The molecule has 0 spiro atoms. The van der Waals surface area contributed by atoms with E-state index < -0.39 is 0 Å². The maximum Gasteiger partial charge on any atom is 0.0438 e. The number of fused-ring (bicyclic) bond motifs is 1. The summed E-state index contributed by atoms with van der Waals surface area (Å²) >= 11 is 6.31. The van der Waals surface area contributed by atoms with Gasteiger partial charge in [-0.2, -0.15) is 0 Å². The Morgan fingerprint density at radius 1 is 1.32 bits per heavy atom. The van der Waals surface area contributed by atoms with Gasteiger partial charge >= 0.3 is 0 Å². The van der Waals surface area contributed by atoms with Gasteiger partial charge in [0.1, 0.15) is 0 Å². The summed E-state index contributed by atoms with van der Waals surface area (Å²) in [7, 11) is 0. The highest BCUT2D eigenvalue weighted by molar-refractivity contribution is 6.31. The van der Waals surface area contributed by atoms with Crippen molar-refractivity contribution in [3.63, 3.8) is 0 Å². The molecular weight excluding hydrogens is 254 g/mol. The lowest BCUT2D eigenvalue weighted by Gasteiger charge is -2.21. The number of hydrogen-bond donors (Lipinski definition) is 1. The van der Waals surface area contributed by atoms with Crippen LogP contribution in [0.4, 0.5) is 0 Å². The summed E-state index contributed by atoms with van der Waals surface area (Å²) in [6.07, 6.45) is 5.53. The van der Waals surface area contributed by atoms with Crippen molar-refractivity contribution in [2.24, 2.45) is 17.8 Å². The predicted octanol–water partition coefficient (Wildman–Crippen LogP) is 4.74. The molecule has 0 heterocycles. The van der Waals surface area contributed by atoms with Crippen LogP contribution in [0.5, 0.6) is 0 Å². The van der Waals surface area contributed by atoms with Crippen LogP contribution in [0, 0.1) is 24.7 Å². The smallest absolute Gasteiger partial charge is 0.0438 e. The predicted molar refractivity (Wildman–Crippen MR) is 81.5 cm³/mol. The Kier molecular flexibility index (Phi) is 3.86. The quantitative estimate of drug-likeness (QED) is 0.820. The topological polar surface area (TPSA) is 12.0 Å². The average Bonchev–Trinajstić information content (AvgIpc) is 2.86. The van der Waals surface area contributed by atoms with Crippen molar-refractivity contribution in [3.8, 4) is 0 Å². The molecule has 0 aliphatic heterocycles. The Hall–Kier alpha value is -0.530. The fraction of sp³-hybridized carbons (Fsp3) is 0.647. The lowest BCUT2D eigenvalue weighted by atomic mass is 9.96. The third-order valence-electron chi connectivity index (χ3n) is 5.03. The van der Waals surface area contributed by atoms with Crippen molar-refractivity contribution in [2.45, 2.75) is 45.6 Å². The van der Waals surface area contributed by atoms with Gasteiger partial charge in [-0.25, -0.2) is 0 Å². The third-order valence-corrected chi connectivity index (χ3v) is 5.43. The first-order valence-electron chi connectivity index (χ1n) is 7.71. The molecule has 2 heteroatoms. The largest absolute Gasteiger partial charge is 0.310 e. The molecule has 1 nitrogen and oxygen atoms in total. The highest BCUT2D eigenvalue weighted by Gasteiger charge is 2.55. The van der Waals surface area contributed by atoms with Gasteiger partial charge in [0.05, 0.1) is 0 Å². The molecule has 104 valence electrons. The minimum atomic E-state index is 0.522. The zero-order chi connectivity index (χ0) is 13.4. The molecule has 1 aromatic carbocycles. The molecule has 0 amide bonds. The molecule has 0 radical (unpaired) electrons. The molecular formula is C17H24ClN. The van der Waals surface area contributed by atoms with Crippen LogP contribution in [0.3, 0.4) is 0 Å². The second kappa shape index (κ2) is 5.46. The number of nitrogens with one attached hydrogen (secondary N) is 1. The summed E-state index contributed by atoms with van der Waals surface area (Å²) in [5.74, 6) is 2.82. The zero-order valence-corrected chi connectivity index (χ0v) is 12.7. The van der Waals surface area contributed by atoms with Gasteiger partial charge in [0.15, 0.2) is 0 Å². The van der Waals surface area contributed by atoms with E-state index in [1.54, 1.807) is 0 Å². The van der Waals surface area contributed by atoms with Crippen molar-refractivity contribution >= 4 is 11.6 Å². The molecule has 3 unspecified atom stereocenters. The third kappa shape index (κ3) is 2.55. The molecule has 2 aliphatic carbocycles. The molecule has 19 heavy (non-hydrogen) atoms. The highest BCUT2D eigenvalue weighted by Crippen LogP contribution is 2.62. The monoisotopic (exact) mass is 277 g/mol. The van der Waals surface area contributed by atoms with Gasteiger partial charge in [0.25, 0.3) is 0 Å². The van der Waals surface area contributed by atoms with E-state index >= 15 is 0 Å². The fourth-order valence-corrected chi connectivity index (χ4v) is 4.14. The van der Waals surface area contributed by atoms with Gasteiger partial charge < -0.3 is 5.32 Å². The fourth-order valence-electron chi connectivity index (χ4n) is 3.95. The minimum Gasteiger partial charge on any atom is -0.310 e. The second-order valence-electron chi connectivity index (χ2n) is 6.28. The maximum absolute atomic E-state index is 6.31. The Labute approximate surface area is 121 Å². The first-order chi connectivity index (χ1) is 9.22. The van der Waals surface area contributed by atoms with Crippen LogP contribution in [0.15, 0.2) is 18.2 Å². The van der Waals surface area contributed by atoms with Crippen LogP contribution in [0.25, 0.3) is 0 Å². The van der Waals surface area contributed by atoms with Crippen molar-refractivity contribution in [1.82, 2.24) is 5.32 Å². The SMILES string of the molecule is CCCNC(c1ccc(C)c(Cl)c1)C1C2CCCC21. The Morgan fingerprint density at radius 3 is 2.68 bits per heavy atom. The zero-order valence-electron chi connectivity index (χ0n) is 12.0. The first-order valence-corrected chi connectivity index (χ1v) is 8.09. The van der Waals surface area contributed by atoms with E-state index in [1.807, 2.05) is 0 Å². The van der Waals surface area contributed by atoms with Crippen LogP contribution >= 0.6 is 11.6 Å². The Balaban J connectivity index is 1.80. The summed E-state index contributed by atoms with van der Waals surface area (Å²) in [5.41, 5.74) is 2.57. The van der Waals surface area contributed by atoms with Crippen molar-refractivity contribution in [3.05, 3.63) is 34.3 Å². The Bertz CT molecular complexity index is 447. The van der Waals surface area contributed by atoms with Crippen LogP contribution in [-0.2, 0) is 0 Å². The summed E-state index contributed by atoms with van der Waals surface area (Å²) in [4.78, 5) is 0. The lowest BCUT2D eigenvalue weighted by Crippen LogP contribution is -2.25. The number of aryl methyl sites for hydroxylation is 1. The average molecular weight is 278 g/mol. The van der Waals surface area contributed by atoms with E-state index in [2.05, 4.69) is 37.4 Å².